The zero-order valence-corrected chi connectivity index (χ0v) is 10.6. The van der Waals surface area contributed by atoms with E-state index in [1.807, 2.05) is 0 Å². The fourth-order valence-electron chi connectivity index (χ4n) is 2.72. The third-order valence-electron chi connectivity index (χ3n) is 3.55. The van der Waals surface area contributed by atoms with Gasteiger partial charge in [-0.25, -0.2) is 4.98 Å². The maximum absolute atomic E-state index is 5.32. The molecule has 0 radical (unpaired) electrons. The summed E-state index contributed by atoms with van der Waals surface area (Å²) in [7, 11) is 1.67. The quantitative estimate of drug-likeness (QED) is 0.847. The molecule has 1 fully saturated rings. The average molecular weight is 235 g/mol. The standard InChI is InChI=1S/C13H21N3O/c1-3-14-9-10-5-4-6-11(10)12-13(17-2)16-8-7-15-12/h7-8,10-11,14H,3-6,9H2,1-2H3. The summed E-state index contributed by atoms with van der Waals surface area (Å²) in [5.74, 6) is 1.86. The predicted molar refractivity (Wildman–Crippen MR) is 67.2 cm³/mol. The second-order valence-corrected chi connectivity index (χ2v) is 4.56. The Morgan fingerprint density at radius 1 is 1.35 bits per heavy atom. The van der Waals surface area contributed by atoms with Crippen LogP contribution in [0, 0.1) is 5.92 Å². The molecule has 0 amide bonds. The summed E-state index contributed by atoms with van der Waals surface area (Å²) < 4.78 is 5.32. The normalized spacial score (nSPS) is 23.9. The minimum Gasteiger partial charge on any atom is -0.480 e. The van der Waals surface area contributed by atoms with Gasteiger partial charge in [0.15, 0.2) is 0 Å². The molecule has 2 rings (SSSR count). The van der Waals surface area contributed by atoms with E-state index >= 15 is 0 Å². The van der Waals surface area contributed by atoms with E-state index in [-0.39, 0.29) is 0 Å². The van der Waals surface area contributed by atoms with E-state index in [0.29, 0.717) is 17.7 Å². The Hall–Kier alpha value is -1.16. The van der Waals surface area contributed by atoms with Crippen LogP contribution in [0.4, 0.5) is 0 Å². The molecule has 1 aromatic heterocycles. The third kappa shape index (κ3) is 2.75. The summed E-state index contributed by atoms with van der Waals surface area (Å²) in [6.45, 7) is 4.24. The highest BCUT2D eigenvalue weighted by atomic mass is 16.5. The monoisotopic (exact) mass is 235 g/mol. The number of hydrogen-bond donors (Lipinski definition) is 1. The van der Waals surface area contributed by atoms with Crippen LogP contribution in [0.15, 0.2) is 12.4 Å². The average Bonchev–Trinajstić information content (AvgIpc) is 2.84. The smallest absolute Gasteiger partial charge is 0.235 e. The Morgan fingerprint density at radius 2 is 2.18 bits per heavy atom. The van der Waals surface area contributed by atoms with Crippen molar-refractivity contribution in [3.05, 3.63) is 18.1 Å². The van der Waals surface area contributed by atoms with E-state index < -0.39 is 0 Å². The molecule has 2 unspecified atom stereocenters. The van der Waals surface area contributed by atoms with Gasteiger partial charge in [-0.15, -0.1) is 0 Å². The third-order valence-corrected chi connectivity index (χ3v) is 3.55. The summed E-state index contributed by atoms with van der Waals surface area (Å²) in [5.41, 5.74) is 1.04. The second kappa shape index (κ2) is 5.96. The van der Waals surface area contributed by atoms with Gasteiger partial charge in [0.25, 0.3) is 0 Å². The maximum Gasteiger partial charge on any atom is 0.235 e. The number of hydrogen-bond acceptors (Lipinski definition) is 4. The van der Waals surface area contributed by atoms with Gasteiger partial charge in [0, 0.05) is 18.3 Å². The molecular formula is C13H21N3O. The van der Waals surface area contributed by atoms with Crippen LogP contribution in [0.3, 0.4) is 0 Å². The van der Waals surface area contributed by atoms with Crippen LogP contribution in [0.1, 0.15) is 37.8 Å². The number of nitrogens with one attached hydrogen (secondary N) is 1. The summed E-state index contributed by atoms with van der Waals surface area (Å²) in [4.78, 5) is 8.73. The van der Waals surface area contributed by atoms with Gasteiger partial charge in [0.05, 0.1) is 7.11 Å². The number of methoxy groups -OCH3 is 1. The second-order valence-electron chi connectivity index (χ2n) is 4.56. The molecule has 1 heterocycles. The van der Waals surface area contributed by atoms with Crippen LogP contribution >= 0.6 is 0 Å². The van der Waals surface area contributed by atoms with Crippen LogP contribution in [0.2, 0.25) is 0 Å². The molecule has 0 saturated heterocycles. The number of rotatable bonds is 5. The summed E-state index contributed by atoms with van der Waals surface area (Å²) in [5, 5.41) is 3.44. The first kappa shape index (κ1) is 12.3. The molecule has 1 N–H and O–H groups in total. The highest BCUT2D eigenvalue weighted by Gasteiger charge is 2.31. The fourth-order valence-corrected chi connectivity index (χ4v) is 2.72. The van der Waals surface area contributed by atoms with Crippen molar-refractivity contribution in [2.75, 3.05) is 20.2 Å². The molecule has 0 bridgehead atoms. The van der Waals surface area contributed by atoms with Gasteiger partial charge in [-0.1, -0.05) is 13.3 Å². The Kier molecular flexibility index (Phi) is 4.31. The molecule has 1 aliphatic rings. The fraction of sp³-hybridized carbons (Fsp3) is 0.692. The van der Waals surface area contributed by atoms with Crippen LogP contribution in [0.25, 0.3) is 0 Å². The molecule has 2 atom stereocenters. The van der Waals surface area contributed by atoms with E-state index in [2.05, 4.69) is 22.2 Å². The molecule has 94 valence electrons. The largest absolute Gasteiger partial charge is 0.480 e. The lowest BCUT2D eigenvalue weighted by atomic mass is 9.92. The van der Waals surface area contributed by atoms with E-state index in [4.69, 9.17) is 4.74 Å². The van der Waals surface area contributed by atoms with Crippen molar-refractivity contribution in [2.45, 2.75) is 32.1 Å². The van der Waals surface area contributed by atoms with E-state index in [1.165, 1.54) is 19.3 Å². The van der Waals surface area contributed by atoms with Crippen molar-refractivity contribution >= 4 is 0 Å². The van der Waals surface area contributed by atoms with Gasteiger partial charge in [-0.3, -0.25) is 4.98 Å². The molecule has 0 aromatic carbocycles. The predicted octanol–water partition coefficient (Wildman–Crippen LogP) is 1.98. The molecule has 0 aliphatic heterocycles. The summed E-state index contributed by atoms with van der Waals surface area (Å²) >= 11 is 0. The lowest BCUT2D eigenvalue weighted by Crippen LogP contribution is -2.24. The lowest BCUT2D eigenvalue weighted by molar-refractivity contribution is 0.369. The van der Waals surface area contributed by atoms with Crippen LogP contribution in [0.5, 0.6) is 5.88 Å². The van der Waals surface area contributed by atoms with Crippen molar-refractivity contribution in [3.8, 4) is 5.88 Å². The Labute approximate surface area is 103 Å². The zero-order valence-electron chi connectivity index (χ0n) is 10.6. The molecule has 17 heavy (non-hydrogen) atoms. The van der Waals surface area contributed by atoms with Gasteiger partial charge in [0.2, 0.25) is 5.88 Å². The highest BCUT2D eigenvalue weighted by molar-refractivity contribution is 5.23. The summed E-state index contributed by atoms with van der Waals surface area (Å²) in [6.07, 6.45) is 7.21. The number of aromatic nitrogens is 2. The topological polar surface area (TPSA) is 47.0 Å². The lowest BCUT2D eigenvalue weighted by Gasteiger charge is -2.20. The molecule has 0 spiro atoms. The van der Waals surface area contributed by atoms with E-state index in [9.17, 15) is 0 Å². The minimum absolute atomic E-state index is 0.498. The molecule has 1 aliphatic carbocycles. The van der Waals surface area contributed by atoms with Crippen LogP contribution in [-0.2, 0) is 0 Å². The zero-order chi connectivity index (χ0) is 12.1. The van der Waals surface area contributed by atoms with Crippen LogP contribution in [-0.4, -0.2) is 30.2 Å². The van der Waals surface area contributed by atoms with Gasteiger partial charge in [-0.2, -0.15) is 0 Å². The molecule has 4 nitrogen and oxygen atoms in total. The van der Waals surface area contributed by atoms with Gasteiger partial charge < -0.3 is 10.1 Å². The minimum atomic E-state index is 0.498. The molecular weight excluding hydrogens is 214 g/mol. The Bertz CT molecular complexity index is 356. The van der Waals surface area contributed by atoms with Crippen molar-refractivity contribution in [2.24, 2.45) is 5.92 Å². The molecule has 1 saturated carbocycles. The van der Waals surface area contributed by atoms with Gasteiger partial charge in [-0.05, 0) is 31.8 Å². The van der Waals surface area contributed by atoms with Crippen molar-refractivity contribution in [1.29, 1.82) is 0 Å². The number of nitrogens with zero attached hydrogens (tertiary/aromatic N) is 2. The maximum atomic E-state index is 5.32. The Balaban J connectivity index is 2.14. The first-order valence-corrected chi connectivity index (χ1v) is 6.42. The van der Waals surface area contributed by atoms with Crippen LogP contribution < -0.4 is 10.1 Å². The van der Waals surface area contributed by atoms with Crippen molar-refractivity contribution < 1.29 is 4.74 Å². The van der Waals surface area contributed by atoms with Gasteiger partial charge >= 0.3 is 0 Å². The summed E-state index contributed by atoms with van der Waals surface area (Å²) in [6, 6.07) is 0. The van der Waals surface area contributed by atoms with E-state index in [0.717, 1.165) is 18.8 Å². The first-order chi connectivity index (χ1) is 8.36. The van der Waals surface area contributed by atoms with Crippen molar-refractivity contribution in [3.63, 3.8) is 0 Å². The first-order valence-electron chi connectivity index (χ1n) is 6.42. The molecule has 4 heteroatoms. The SMILES string of the molecule is CCNCC1CCCC1c1nccnc1OC. The van der Waals surface area contributed by atoms with Crippen molar-refractivity contribution in [1.82, 2.24) is 15.3 Å². The Morgan fingerprint density at radius 3 is 2.94 bits per heavy atom. The van der Waals surface area contributed by atoms with E-state index in [1.54, 1.807) is 19.5 Å². The highest BCUT2D eigenvalue weighted by Crippen LogP contribution is 2.40. The van der Waals surface area contributed by atoms with Gasteiger partial charge in [0.1, 0.15) is 5.69 Å². The molecule has 1 aromatic rings. The number of ether oxygens (including phenoxy) is 1.